The molecule has 0 atom stereocenters. The Balaban J connectivity index is 0.00000182. The third-order valence-electron chi connectivity index (χ3n) is 3.65. The van der Waals surface area contributed by atoms with E-state index in [0.717, 1.165) is 22.8 Å². The van der Waals surface area contributed by atoms with Crippen LogP contribution in [0.1, 0.15) is 5.76 Å². The van der Waals surface area contributed by atoms with Gasteiger partial charge in [-0.2, -0.15) is 9.98 Å². The lowest BCUT2D eigenvalue weighted by Crippen LogP contribution is -2.21. The highest BCUT2D eigenvalue weighted by molar-refractivity contribution is 6.30. The molecule has 0 saturated carbocycles. The van der Waals surface area contributed by atoms with E-state index < -0.39 is 6.03 Å². The van der Waals surface area contributed by atoms with Crippen LogP contribution in [0.15, 0.2) is 69.0 Å². The second-order valence-corrected chi connectivity index (χ2v) is 5.78. The van der Waals surface area contributed by atoms with Gasteiger partial charge in [-0.15, -0.1) is 12.4 Å². The third kappa shape index (κ3) is 3.73. The van der Waals surface area contributed by atoms with Crippen molar-refractivity contribution in [3.05, 3.63) is 76.1 Å². The second-order valence-electron chi connectivity index (χ2n) is 5.34. The zero-order valence-electron chi connectivity index (χ0n) is 12.9. The zero-order chi connectivity index (χ0) is 16.5. The van der Waals surface area contributed by atoms with E-state index in [2.05, 4.69) is 15.3 Å². The molecule has 0 spiro atoms. The van der Waals surface area contributed by atoms with Crippen LogP contribution in [0.2, 0.25) is 5.02 Å². The summed E-state index contributed by atoms with van der Waals surface area (Å²) in [6.45, 7) is 0.518. The average Bonchev–Trinajstić information content (AvgIpc) is 3.18. The Kier molecular flexibility index (Phi) is 4.88. The molecule has 2 aromatic carbocycles. The van der Waals surface area contributed by atoms with E-state index in [1.54, 1.807) is 12.1 Å². The minimum atomic E-state index is -0.459. The molecule has 7 heteroatoms. The van der Waals surface area contributed by atoms with Crippen LogP contribution in [0.4, 0.5) is 10.5 Å². The highest BCUT2D eigenvalue weighted by Crippen LogP contribution is 2.25. The quantitative estimate of drug-likeness (QED) is 0.751. The van der Waals surface area contributed by atoms with Crippen LogP contribution in [0.25, 0.3) is 11.3 Å². The molecule has 0 fully saturated rings. The lowest BCUT2D eigenvalue weighted by molar-refractivity contribution is 0.256. The zero-order valence-corrected chi connectivity index (χ0v) is 14.5. The Labute approximate surface area is 154 Å². The number of carbonyl (C=O) groups excluding carboxylic acids is 1. The summed E-state index contributed by atoms with van der Waals surface area (Å²) in [5.74, 6) is 1.56. The number of urea groups is 1. The van der Waals surface area contributed by atoms with E-state index in [4.69, 9.17) is 16.0 Å². The summed E-state index contributed by atoms with van der Waals surface area (Å²) in [7, 11) is 0. The molecule has 1 N–H and O–H groups in total. The molecule has 1 aliphatic rings. The monoisotopic (exact) mass is 373 g/mol. The van der Waals surface area contributed by atoms with Crippen molar-refractivity contribution >= 4 is 35.7 Å². The Hall–Kier alpha value is -2.63. The van der Waals surface area contributed by atoms with Crippen LogP contribution in [-0.4, -0.2) is 6.03 Å². The van der Waals surface area contributed by atoms with Gasteiger partial charge >= 0.3 is 6.03 Å². The Morgan fingerprint density at radius 1 is 1.00 bits per heavy atom. The van der Waals surface area contributed by atoms with E-state index >= 15 is 0 Å². The summed E-state index contributed by atoms with van der Waals surface area (Å²) in [5, 5.41) is 5.11. The van der Waals surface area contributed by atoms with Crippen molar-refractivity contribution in [2.45, 2.75) is 6.54 Å². The van der Waals surface area contributed by atoms with Crippen molar-refractivity contribution in [1.82, 2.24) is 0 Å². The number of anilines is 1. The summed E-state index contributed by atoms with van der Waals surface area (Å²) in [6.07, 6.45) is 0. The molecule has 0 unspecified atom stereocenters. The molecule has 3 aromatic rings. The van der Waals surface area contributed by atoms with Gasteiger partial charge in [0.05, 0.1) is 17.3 Å². The molecule has 1 aromatic heterocycles. The SMILES string of the molecule is Cl.O=C1N=c2ccc(NCc3ccc(-c4cccc(Cl)c4)o3)cc2=N1. The molecule has 0 saturated heterocycles. The van der Waals surface area contributed by atoms with E-state index in [1.807, 2.05) is 42.5 Å². The van der Waals surface area contributed by atoms with Gasteiger partial charge in [0.25, 0.3) is 0 Å². The minimum Gasteiger partial charge on any atom is -0.459 e. The number of nitrogens with zero attached hydrogens (tertiary/aromatic N) is 2. The molecule has 5 nitrogen and oxygen atoms in total. The maximum absolute atomic E-state index is 11.2. The second kappa shape index (κ2) is 7.09. The van der Waals surface area contributed by atoms with Gasteiger partial charge < -0.3 is 9.73 Å². The van der Waals surface area contributed by atoms with E-state index in [0.29, 0.717) is 22.3 Å². The van der Waals surface area contributed by atoms with Crippen LogP contribution in [0.3, 0.4) is 0 Å². The van der Waals surface area contributed by atoms with Crippen molar-refractivity contribution in [2.75, 3.05) is 5.32 Å². The van der Waals surface area contributed by atoms with E-state index in [-0.39, 0.29) is 12.4 Å². The molecule has 126 valence electrons. The fourth-order valence-electron chi connectivity index (χ4n) is 2.51. The minimum absolute atomic E-state index is 0. The lowest BCUT2D eigenvalue weighted by atomic mass is 10.2. The lowest BCUT2D eigenvalue weighted by Gasteiger charge is -2.03. The molecular formula is C18H13Cl2N3O2. The molecule has 0 aliphatic carbocycles. The number of carbonyl (C=O) groups is 1. The van der Waals surface area contributed by atoms with Gasteiger partial charge in [0, 0.05) is 16.3 Å². The number of fused-ring (bicyclic) bond motifs is 1. The van der Waals surface area contributed by atoms with Crippen molar-refractivity contribution < 1.29 is 9.21 Å². The average molecular weight is 374 g/mol. The van der Waals surface area contributed by atoms with Gasteiger partial charge in [0.15, 0.2) is 0 Å². The number of benzene rings is 2. The summed E-state index contributed by atoms with van der Waals surface area (Å²) in [4.78, 5) is 18.8. The molecule has 0 radical (unpaired) electrons. The Bertz CT molecular complexity index is 1060. The van der Waals surface area contributed by atoms with E-state index in [9.17, 15) is 4.79 Å². The van der Waals surface area contributed by atoms with Crippen molar-refractivity contribution in [3.63, 3.8) is 0 Å². The van der Waals surface area contributed by atoms with Gasteiger partial charge in [0.1, 0.15) is 11.5 Å². The third-order valence-corrected chi connectivity index (χ3v) is 3.88. The molecule has 4 rings (SSSR count). The topological polar surface area (TPSA) is 67.0 Å². The Morgan fingerprint density at radius 3 is 2.68 bits per heavy atom. The van der Waals surface area contributed by atoms with Crippen LogP contribution in [0, 0.1) is 0 Å². The highest BCUT2D eigenvalue weighted by Gasteiger charge is 2.07. The molecule has 0 bridgehead atoms. The predicted octanol–water partition coefficient (Wildman–Crippen LogP) is 4.01. The normalized spacial score (nSPS) is 12.0. The van der Waals surface area contributed by atoms with Crippen molar-refractivity contribution in [1.29, 1.82) is 0 Å². The van der Waals surface area contributed by atoms with Crippen molar-refractivity contribution in [2.24, 2.45) is 9.98 Å². The van der Waals surface area contributed by atoms with Crippen LogP contribution < -0.4 is 16.0 Å². The van der Waals surface area contributed by atoms with Gasteiger partial charge in [-0.25, -0.2) is 4.79 Å². The fourth-order valence-corrected chi connectivity index (χ4v) is 2.70. The first kappa shape index (κ1) is 17.2. The maximum atomic E-state index is 11.2. The summed E-state index contributed by atoms with van der Waals surface area (Å²) >= 11 is 6.00. The number of halogens is 2. The van der Waals surface area contributed by atoms with Crippen molar-refractivity contribution in [3.8, 4) is 11.3 Å². The molecule has 2 amide bonds. The number of hydrogen-bond acceptors (Lipinski definition) is 3. The van der Waals surface area contributed by atoms with Crippen LogP contribution in [-0.2, 0) is 6.54 Å². The van der Waals surface area contributed by atoms with Gasteiger partial charge in [0.2, 0.25) is 0 Å². The van der Waals surface area contributed by atoms with Crippen LogP contribution in [0.5, 0.6) is 0 Å². The summed E-state index contributed by atoms with van der Waals surface area (Å²) < 4.78 is 5.84. The number of nitrogens with one attached hydrogen (secondary N) is 1. The smallest absolute Gasteiger partial charge is 0.368 e. The van der Waals surface area contributed by atoms with Gasteiger partial charge in [-0.05, 0) is 42.5 Å². The fraction of sp³-hybridized carbons (Fsp3) is 0.0556. The first-order valence-electron chi connectivity index (χ1n) is 7.37. The summed E-state index contributed by atoms with van der Waals surface area (Å²) in [5.41, 5.74) is 1.79. The first-order chi connectivity index (χ1) is 11.7. The highest BCUT2D eigenvalue weighted by atomic mass is 35.5. The number of amides is 2. The largest absolute Gasteiger partial charge is 0.459 e. The van der Waals surface area contributed by atoms with Gasteiger partial charge in [-0.3, -0.25) is 0 Å². The first-order valence-corrected chi connectivity index (χ1v) is 7.75. The standard InChI is InChI=1S/C18H12ClN3O2.ClH/c19-12-3-1-2-11(8-12)17-7-5-14(24-17)10-20-13-4-6-15-16(9-13)22-18(23)21-15;/h1-9,20H,10H2;1H. The predicted molar refractivity (Wildman–Crippen MR) is 97.9 cm³/mol. The van der Waals surface area contributed by atoms with E-state index in [1.165, 1.54) is 0 Å². The summed E-state index contributed by atoms with van der Waals surface area (Å²) in [6, 6.07) is 16.3. The molecule has 2 heterocycles. The molecule has 1 aliphatic heterocycles. The number of furan rings is 1. The van der Waals surface area contributed by atoms with Gasteiger partial charge in [-0.1, -0.05) is 23.7 Å². The maximum Gasteiger partial charge on any atom is 0.368 e. The number of rotatable bonds is 4. The van der Waals surface area contributed by atoms with Crippen LogP contribution >= 0.6 is 24.0 Å². The Morgan fingerprint density at radius 2 is 1.84 bits per heavy atom. The molecular weight excluding hydrogens is 361 g/mol. The molecule has 25 heavy (non-hydrogen) atoms. The number of hydrogen-bond donors (Lipinski definition) is 1.